The molecular weight excluding hydrogens is 246 g/mol. The predicted octanol–water partition coefficient (Wildman–Crippen LogP) is 1.46. The van der Waals surface area contributed by atoms with Crippen LogP contribution in [0.1, 0.15) is 33.1 Å². The van der Waals surface area contributed by atoms with Crippen LogP contribution in [0.5, 0.6) is 0 Å². The Kier molecular flexibility index (Phi) is 6.84. The molecule has 1 heterocycles. The van der Waals surface area contributed by atoms with Crippen LogP contribution in [0.2, 0.25) is 0 Å². The molecule has 5 heteroatoms. The van der Waals surface area contributed by atoms with Gasteiger partial charge in [0.05, 0.1) is 12.5 Å². The second-order valence-electron chi connectivity index (χ2n) is 5.20. The minimum absolute atomic E-state index is 0.110. The number of carbonyl (C=O) groups excluding carboxylic acids is 2. The smallest absolute Gasteiger partial charge is 0.310 e. The molecule has 1 saturated heterocycles. The van der Waals surface area contributed by atoms with Crippen molar-refractivity contribution in [2.75, 3.05) is 33.4 Å². The molecule has 0 radical (unpaired) electrons. The monoisotopic (exact) mass is 271 g/mol. The van der Waals surface area contributed by atoms with Gasteiger partial charge in [-0.1, -0.05) is 6.92 Å². The van der Waals surface area contributed by atoms with Crippen LogP contribution >= 0.6 is 0 Å². The molecule has 2 atom stereocenters. The summed E-state index contributed by atoms with van der Waals surface area (Å²) < 4.78 is 10.1. The molecule has 0 spiro atoms. The third kappa shape index (κ3) is 5.19. The van der Waals surface area contributed by atoms with Crippen molar-refractivity contribution < 1.29 is 19.1 Å². The number of esters is 1. The summed E-state index contributed by atoms with van der Waals surface area (Å²) in [5.41, 5.74) is 0. The van der Waals surface area contributed by atoms with Gasteiger partial charge in [-0.15, -0.1) is 0 Å². The van der Waals surface area contributed by atoms with E-state index in [-0.39, 0.29) is 23.7 Å². The third-order valence-electron chi connectivity index (χ3n) is 3.37. The van der Waals surface area contributed by atoms with E-state index in [1.165, 1.54) is 0 Å². The van der Waals surface area contributed by atoms with Crippen molar-refractivity contribution in [3.63, 3.8) is 0 Å². The van der Waals surface area contributed by atoms with E-state index in [2.05, 4.69) is 0 Å². The lowest BCUT2D eigenvalue weighted by molar-refractivity contribution is -0.151. The molecule has 1 amide bonds. The van der Waals surface area contributed by atoms with Crippen LogP contribution in [0.15, 0.2) is 0 Å². The minimum atomic E-state index is -0.176. The van der Waals surface area contributed by atoms with E-state index in [1.807, 2.05) is 6.92 Å². The number of likely N-dealkylation sites (tertiary alicyclic amines) is 1. The zero-order chi connectivity index (χ0) is 14.3. The van der Waals surface area contributed by atoms with Crippen LogP contribution < -0.4 is 0 Å². The number of methoxy groups -OCH3 is 1. The summed E-state index contributed by atoms with van der Waals surface area (Å²) in [6.45, 7) is 6.02. The predicted molar refractivity (Wildman–Crippen MR) is 71.6 cm³/mol. The van der Waals surface area contributed by atoms with Gasteiger partial charge >= 0.3 is 5.97 Å². The molecule has 0 aliphatic carbocycles. The number of nitrogens with zero attached hydrogens (tertiary/aromatic N) is 1. The van der Waals surface area contributed by atoms with Crippen molar-refractivity contribution in [3.05, 3.63) is 0 Å². The molecule has 5 nitrogen and oxygen atoms in total. The van der Waals surface area contributed by atoms with Gasteiger partial charge in [0, 0.05) is 33.2 Å². The van der Waals surface area contributed by atoms with E-state index in [9.17, 15) is 9.59 Å². The van der Waals surface area contributed by atoms with Crippen molar-refractivity contribution >= 4 is 11.9 Å². The van der Waals surface area contributed by atoms with Crippen LogP contribution in [0, 0.1) is 11.8 Å². The molecule has 1 aliphatic rings. The van der Waals surface area contributed by atoms with Crippen LogP contribution in [0.3, 0.4) is 0 Å². The topological polar surface area (TPSA) is 55.8 Å². The Morgan fingerprint density at radius 3 is 2.79 bits per heavy atom. The van der Waals surface area contributed by atoms with Gasteiger partial charge in [-0.2, -0.15) is 0 Å². The Bertz CT molecular complexity index is 306. The van der Waals surface area contributed by atoms with Crippen LogP contribution in [-0.2, 0) is 19.1 Å². The van der Waals surface area contributed by atoms with Gasteiger partial charge in [0.25, 0.3) is 0 Å². The molecule has 1 rings (SSSR count). The number of ether oxygens (including phenoxy) is 2. The van der Waals surface area contributed by atoms with E-state index in [0.29, 0.717) is 26.2 Å². The number of piperidine rings is 1. The lowest BCUT2D eigenvalue weighted by Crippen LogP contribution is -2.43. The first-order valence-electron chi connectivity index (χ1n) is 7.01. The van der Waals surface area contributed by atoms with Crippen LogP contribution in [-0.4, -0.2) is 50.2 Å². The molecule has 19 heavy (non-hydrogen) atoms. The van der Waals surface area contributed by atoms with E-state index >= 15 is 0 Å². The number of rotatable bonds is 6. The molecule has 1 fully saturated rings. The summed E-state index contributed by atoms with van der Waals surface area (Å²) in [5, 5.41) is 0. The quantitative estimate of drug-likeness (QED) is 0.686. The molecular formula is C14H25NO4. The first kappa shape index (κ1) is 16.0. The Morgan fingerprint density at radius 2 is 2.16 bits per heavy atom. The maximum atomic E-state index is 12.1. The molecule has 0 N–H and O–H groups in total. The molecule has 0 aromatic rings. The second-order valence-corrected chi connectivity index (χ2v) is 5.20. The van der Waals surface area contributed by atoms with Crippen molar-refractivity contribution in [2.24, 2.45) is 11.8 Å². The summed E-state index contributed by atoms with van der Waals surface area (Å²) in [5.74, 6) is -0.0145. The normalized spacial score (nSPS) is 21.0. The minimum Gasteiger partial charge on any atom is -0.466 e. The van der Waals surface area contributed by atoms with Crippen LogP contribution in [0.4, 0.5) is 0 Å². The van der Waals surface area contributed by atoms with Gasteiger partial charge in [0.15, 0.2) is 0 Å². The summed E-state index contributed by atoms with van der Waals surface area (Å²) in [6.07, 6.45) is 2.16. The number of hydrogen-bond donors (Lipinski definition) is 0. The zero-order valence-electron chi connectivity index (χ0n) is 12.2. The fourth-order valence-corrected chi connectivity index (χ4v) is 2.43. The first-order valence-corrected chi connectivity index (χ1v) is 7.01. The van der Waals surface area contributed by atoms with Crippen molar-refractivity contribution in [3.8, 4) is 0 Å². The van der Waals surface area contributed by atoms with Gasteiger partial charge in [0.1, 0.15) is 0 Å². The van der Waals surface area contributed by atoms with Crippen molar-refractivity contribution in [1.29, 1.82) is 0 Å². The Hall–Kier alpha value is -1.10. The number of amides is 1. The van der Waals surface area contributed by atoms with Crippen molar-refractivity contribution in [1.82, 2.24) is 4.90 Å². The highest BCUT2D eigenvalue weighted by molar-refractivity contribution is 5.78. The lowest BCUT2D eigenvalue weighted by Gasteiger charge is -2.32. The second kappa shape index (κ2) is 8.15. The van der Waals surface area contributed by atoms with Crippen LogP contribution in [0.25, 0.3) is 0 Å². The highest BCUT2D eigenvalue weighted by Crippen LogP contribution is 2.19. The standard InChI is InChI=1S/C14H25NO4/c1-4-19-14(17)12-6-5-7-15(9-12)13(16)8-11(2)10-18-3/h11-12H,4-10H2,1-3H3. The number of carbonyl (C=O) groups is 2. The van der Waals surface area contributed by atoms with Gasteiger partial charge in [-0.3, -0.25) is 9.59 Å². The Balaban J connectivity index is 2.45. The molecule has 0 aromatic heterocycles. The average molecular weight is 271 g/mol. The van der Waals surface area contributed by atoms with E-state index in [0.717, 1.165) is 19.4 Å². The molecule has 110 valence electrons. The first-order chi connectivity index (χ1) is 9.08. The zero-order valence-corrected chi connectivity index (χ0v) is 12.2. The average Bonchev–Trinajstić information content (AvgIpc) is 2.39. The molecule has 0 saturated carbocycles. The van der Waals surface area contributed by atoms with E-state index in [1.54, 1.807) is 18.9 Å². The molecule has 2 unspecified atom stereocenters. The van der Waals surface area contributed by atoms with Gasteiger partial charge in [-0.25, -0.2) is 0 Å². The maximum absolute atomic E-state index is 12.1. The molecule has 1 aliphatic heterocycles. The Morgan fingerprint density at radius 1 is 1.42 bits per heavy atom. The summed E-state index contributed by atoms with van der Waals surface area (Å²) in [6, 6.07) is 0. The summed E-state index contributed by atoms with van der Waals surface area (Å²) in [7, 11) is 1.64. The van der Waals surface area contributed by atoms with Gasteiger partial charge in [-0.05, 0) is 25.7 Å². The van der Waals surface area contributed by atoms with E-state index < -0.39 is 0 Å². The number of hydrogen-bond acceptors (Lipinski definition) is 4. The maximum Gasteiger partial charge on any atom is 0.310 e. The van der Waals surface area contributed by atoms with Gasteiger partial charge < -0.3 is 14.4 Å². The van der Waals surface area contributed by atoms with Gasteiger partial charge in [0.2, 0.25) is 5.91 Å². The highest BCUT2D eigenvalue weighted by Gasteiger charge is 2.29. The summed E-state index contributed by atoms with van der Waals surface area (Å²) in [4.78, 5) is 25.6. The third-order valence-corrected chi connectivity index (χ3v) is 3.37. The van der Waals surface area contributed by atoms with E-state index in [4.69, 9.17) is 9.47 Å². The lowest BCUT2D eigenvalue weighted by atomic mass is 9.97. The molecule has 0 bridgehead atoms. The summed E-state index contributed by atoms with van der Waals surface area (Å²) >= 11 is 0. The largest absolute Gasteiger partial charge is 0.466 e. The Labute approximate surface area is 115 Å². The SMILES string of the molecule is CCOC(=O)C1CCCN(C(=O)CC(C)COC)C1. The highest BCUT2D eigenvalue weighted by atomic mass is 16.5. The fraction of sp³-hybridized carbons (Fsp3) is 0.857. The fourth-order valence-electron chi connectivity index (χ4n) is 2.43. The molecule has 0 aromatic carbocycles. The van der Waals surface area contributed by atoms with Crippen molar-refractivity contribution in [2.45, 2.75) is 33.1 Å².